The molecule has 4 rings (SSSR count). The van der Waals surface area contributed by atoms with Gasteiger partial charge in [0.15, 0.2) is 0 Å². The lowest BCUT2D eigenvalue weighted by molar-refractivity contribution is -0.140. The van der Waals surface area contributed by atoms with Gasteiger partial charge in [-0.1, -0.05) is 85.5 Å². The normalized spacial score (nSPS) is 14.5. The van der Waals surface area contributed by atoms with Crippen LogP contribution >= 0.6 is 0 Å². The molecule has 212 valence electrons. The molecule has 1 aliphatic carbocycles. The quantitative estimate of drug-likeness (QED) is 0.341. The summed E-state index contributed by atoms with van der Waals surface area (Å²) in [6.45, 7) is 5.55. The van der Waals surface area contributed by atoms with Gasteiger partial charge in [0.05, 0.1) is 10.6 Å². The summed E-state index contributed by atoms with van der Waals surface area (Å²) in [5, 5.41) is 3.15. The number of rotatable bonds is 11. The van der Waals surface area contributed by atoms with Crippen molar-refractivity contribution >= 4 is 27.5 Å². The van der Waals surface area contributed by atoms with Gasteiger partial charge in [-0.25, -0.2) is 8.42 Å². The first kappa shape index (κ1) is 29.3. The van der Waals surface area contributed by atoms with Crippen LogP contribution in [0.1, 0.15) is 55.7 Å². The molecule has 2 amide bonds. The fourth-order valence-electron chi connectivity index (χ4n) is 5.25. The minimum Gasteiger partial charge on any atom is -0.352 e. The molecule has 1 saturated carbocycles. The first-order valence-electron chi connectivity index (χ1n) is 14.0. The molecular weight excluding hydrogens is 522 g/mol. The zero-order chi connectivity index (χ0) is 28.7. The Kier molecular flexibility index (Phi) is 9.63. The van der Waals surface area contributed by atoms with Gasteiger partial charge in [0.1, 0.15) is 12.6 Å². The number of amides is 2. The van der Waals surface area contributed by atoms with Crippen molar-refractivity contribution in [2.24, 2.45) is 0 Å². The van der Waals surface area contributed by atoms with Crippen molar-refractivity contribution in [3.05, 3.63) is 95.6 Å². The Labute approximate surface area is 238 Å². The maximum absolute atomic E-state index is 14.1. The van der Waals surface area contributed by atoms with Crippen molar-refractivity contribution in [3.63, 3.8) is 0 Å². The van der Waals surface area contributed by atoms with E-state index < -0.39 is 28.5 Å². The minimum atomic E-state index is -4.06. The number of carbonyl (C=O) groups is 2. The minimum absolute atomic E-state index is 0.0969. The SMILES string of the molecule is CC[C@H](C(=O)NC1CCCC1)N(Cc1cccc(C)c1)C(=O)CN(c1ccc(C)cc1)S(=O)(=O)c1ccccc1. The molecule has 3 aromatic rings. The van der Waals surface area contributed by atoms with Crippen LogP contribution in [-0.2, 0) is 26.2 Å². The highest BCUT2D eigenvalue weighted by Gasteiger charge is 2.34. The molecule has 1 fully saturated rings. The van der Waals surface area contributed by atoms with Gasteiger partial charge in [0.2, 0.25) is 11.8 Å². The predicted molar refractivity (Wildman–Crippen MR) is 158 cm³/mol. The van der Waals surface area contributed by atoms with Crippen LogP contribution in [0.2, 0.25) is 0 Å². The second-order valence-corrected chi connectivity index (χ2v) is 12.4. The van der Waals surface area contributed by atoms with E-state index in [1.807, 2.05) is 57.2 Å². The Morgan fingerprint density at radius 1 is 0.900 bits per heavy atom. The smallest absolute Gasteiger partial charge is 0.264 e. The van der Waals surface area contributed by atoms with E-state index in [0.29, 0.717) is 12.1 Å². The molecular formula is C32H39N3O4S. The summed E-state index contributed by atoms with van der Waals surface area (Å²) in [5.41, 5.74) is 3.29. The molecule has 3 aromatic carbocycles. The third-order valence-corrected chi connectivity index (χ3v) is 9.24. The summed E-state index contributed by atoms with van der Waals surface area (Å²) >= 11 is 0. The molecule has 1 N–H and O–H groups in total. The lowest BCUT2D eigenvalue weighted by atomic mass is 10.1. The molecule has 0 unspecified atom stereocenters. The first-order valence-corrected chi connectivity index (χ1v) is 15.4. The molecule has 0 aromatic heterocycles. The van der Waals surface area contributed by atoms with Gasteiger partial charge in [-0.2, -0.15) is 0 Å². The van der Waals surface area contributed by atoms with Crippen LogP contribution in [0.15, 0.2) is 83.8 Å². The Morgan fingerprint density at radius 2 is 1.57 bits per heavy atom. The molecule has 0 aliphatic heterocycles. The highest BCUT2D eigenvalue weighted by Crippen LogP contribution is 2.25. The molecule has 0 saturated heterocycles. The number of anilines is 1. The summed E-state index contributed by atoms with van der Waals surface area (Å²) in [6, 6.07) is 22.4. The van der Waals surface area contributed by atoms with Gasteiger partial charge in [0, 0.05) is 12.6 Å². The highest BCUT2D eigenvalue weighted by molar-refractivity contribution is 7.92. The van der Waals surface area contributed by atoms with Crippen molar-refractivity contribution in [3.8, 4) is 0 Å². The van der Waals surface area contributed by atoms with E-state index in [9.17, 15) is 18.0 Å². The molecule has 0 radical (unpaired) electrons. The van der Waals surface area contributed by atoms with E-state index in [-0.39, 0.29) is 23.4 Å². The van der Waals surface area contributed by atoms with Crippen LogP contribution in [0, 0.1) is 13.8 Å². The Bertz CT molecular complexity index is 1400. The van der Waals surface area contributed by atoms with E-state index in [2.05, 4.69) is 5.32 Å². The third-order valence-electron chi connectivity index (χ3n) is 7.45. The maximum Gasteiger partial charge on any atom is 0.264 e. The van der Waals surface area contributed by atoms with Gasteiger partial charge in [-0.3, -0.25) is 13.9 Å². The lowest BCUT2D eigenvalue weighted by Gasteiger charge is -2.34. The largest absolute Gasteiger partial charge is 0.352 e. The van der Waals surface area contributed by atoms with Crippen molar-refractivity contribution < 1.29 is 18.0 Å². The fourth-order valence-corrected chi connectivity index (χ4v) is 6.69. The van der Waals surface area contributed by atoms with Crippen LogP contribution < -0.4 is 9.62 Å². The maximum atomic E-state index is 14.1. The molecule has 0 spiro atoms. The van der Waals surface area contributed by atoms with E-state index in [0.717, 1.165) is 46.7 Å². The Balaban J connectivity index is 1.70. The fraction of sp³-hybridized carbons (Fsp3) is 0.375. The highest BCUT2D eigenvalue weighted by atomic mass is 32.2. The number of carbonyl (C=O) groups excluding carboxylic acids is 2. The van der Waals surface area contributed by atoms with Gasteiger partial charge in [-0.15, -0.1) is 0 Å². The van der Waals surface area contributed by atoms with E-state index >= 15 is 0 Å². The Morgan fingerprint density at radius 3 is 2.20 bits per heavy atom. The van der Waals surface area contributed by atoms with Crippen LogP contribution in [0.4, 0.5) is 5.69 Å². The van der Waals surface area contributed by atoms with Crippen molar-refractivity contribution in [1.82, 2.24) is 10.2 Å². The van der Waals surface area contributed by atoms with Crippen molar-refractivity contribution in [2.45, 2.75) is 76.4 Å². The van der Waals surface area contributed by atoms with Crippen LogP contribution in [0.25, 0.3) is 0 Å². The zero-order valence-corrected chi connectivity index (χ0v) is 24.4. The lowest BCUT2D eigenvalue weighted by Crippen LogP contribution is -2.53. The van der Waals surface area contributed by atoms with Crippen LogP contribution in [-0.4, -0.2) is 43.8 Å². The number of aryl methyl sites for hydroxylation is 2. The summed E-state index contributed by atoms with van der Waals surface area (Å²) in [5.74, 6) is -0.627. The number of nitrogens with zero attached hydrogens (tertiary/aromatic N) is 2. The van der Waals surface area contributed by atoms with Gasteiger partial charge in [0.25, 0.3) is 10.0 Å². The third kappa shape index (κ3) is 7.10. The summed E-state index contributed by atoms with van der Waals surface area (Å²) < 4.78 is 28.9. The standard InChI is InChI=1S/C32H39N3O4S/c1-4-30(32(37)33-27-13-8-9-14-27)34(22-26-12-10-11-25(3)21-26)31(36)23-35(28-19-17-24(2)18-20-28)40(38,39)29-15-6-5-7-16-29/h5-7,10-12,15-21,27,30H,4,8-9,13-14,22-23H2,1-3H3,(H,33,37)/t30-/m1/s1. The predicted octanol–water partition coefficient (Wildman–Crippen LogP) is 5.36. The second-order valence-electron chi connectivity index (χ2n) is 10.6. The number of sulfonamides is 1. The first-order chi connectivity index (χ1) is 19.2. The van der Waals surface area contributed by atoms with Crippen molar-refractivity contribution in [1.29, 1.82) is 0 Å². The van der Waals surface area contributed by atoms with E-state index in [1.54, 1.807) is 35.2 Å². The van der Waals surface area contributed by atoms with Crippen LogP contribution in [0.3, 0.4) is 0 Å². The molecule has 0 heterocycles. The number of nitrogens with one attached hydrogen (secondary N) is 1. The van der Waals surface area contributed by atoms with Gasteiger partial charge < -0.3 is 10.2 Å². The average molecular weight is 562 g/mol. The number of hydrogen-bond acceptors (Lipinski definition) is 4. The Hall–Kier alpha value is -3.65. The van der Waals surface area contributed by atoms with Gasteiger partial charge in [-0.05, 0) is 62.9 Å². The molecule has 0 bridgehead atoms. The van der Waals surface area contributed by atoms with E-state index in [1.165, 1.54) is 12.1 Å². The summed E-state index contributed by atoms with van der Waals surface area (Å²) in [4.78, 5) is 29.3. The van der Waals surface area contributed by atoms with Crippen LogP contribution in [0.5, 0.6) is 0 Å². The molecule has 1 aliphatic rings. The number of benzene rings is 3. The topological polar surface area (TPSA) is 86.8 Å². The second kappa shape index (κ2) is 13.1. The van der Waals surface area contributed by atoms with Gasteiger partial charge >= 0.3 is 0 Å². The van der Waals surface area contributed by atoms with Crippen molar-refractivity contribution in [2.75, 3.05) is 10.8 Å². The molecule has 8 heteroatoms. The molecule has 40 heavy (non-hydrogen) atoms. The summed E-state index contributed by atoms with van der Waals surface area (Å²) in [7, 11) is -4.06. The average Bonchev–Trinajstić information content (AvgIpc) is 3.45. The summed E-state index contributed by atoms with van der Waals surface area (Å²) in [6.07, 6.45) is 4.44. The number of hydrogen-bond donors (Lipinski definition) is 1. The zero-order valence-electron chi connectivity index (χ0n) is 23.5. The molecule has 1 atom stereocenters. The molecule has 7 nitrogen and oxygen atoms in total. The van der Waals surface area contributed by atoms with E-state index in [4.69, 9.17) is 0 Å². The monoisotopic (exact) mass is 561 g/mol.